The summed E-state index contributed by atoms with van der Waals surface area (Å²) in [5, 5.41) is 2.93. The lowest BCUT2D eigenvalue weighted by molar-refractivity contribution is -0.705. The molecule has 3 aromatic rings. The number of anilines is 1. The largest absolute Gasteiger partial charge is 0.454 e. The number of benzene rings is 2. The van der Waals surface area contributed by atoms with E-state index in [4.69, 9.17) is 9.47 Å². The molecule has 1 aromatic heterocycles. The molecular weight excluding hydrogens is 328 g/mol. The van der Waals surface area contributed by atoms with Crippen LogP contribution in [-0.4, -0.2) is 12.7 Å². The van der Waals surface area contributed by atoms with Gasteiger partial charge in [-0.05, 0) is 23.8 Å². The molecule has 0 radical (unpaired) electrons. The van der Waals surface area contributed by atoms with Crippen LogP contribution >= 0.6 is 0 Å². The fourth-order valence-corrected chi connectivity index (χ4v) is 2.89. The first kappa shape index (κ1) is 16.1. The van der Waals surface area contributed by atoms with Gasteiger partial charge in [-0.15, -0.1) is 0 Å². The second-order valence-corrected chi connectivity index (χ2v) is 6.14. The summed E-state index contributed by atoms with van der Waals surface area (Å²) in [4.78, 5) is 12.7. The molecule has 5 nitrogen and oxygen atoms in total. The lowest BCUT2D eigenvalue weighted by Crippen LogP contribution is -2.44. The number of carbonyl (C=O) groups is 1. The molecule has 0 saturated carbocycles. The van der Waals surface area contributed by atoms with Crippen molar-refractivity contribution in [3.8, 4) is 22.6 Å². The molecule has 1 aliphatic heterocycles. The second kappa shape index (κ2) is 6.88. The van der Waals surface area contributed by atoms with Gasteiger partial charge in [0.2, 0.25) is 12.8 Å². The Labute approximate surface area is 151 Å². The summed E-state index contributed by atoms with van der Waals surface area (Å²) in [7, 11) is 0. The van der Waals surface area contributed by atoms with Gasteiger partial charge >= 0.3 is 0 Å². The van der Waals surface area contributed by atoms with Gasteiger partial charge in [-0.1, -0.05) is 30.3 Å². The maximum absolute atomic E-state index is 12.7. The molecule has 1 amide bonds. The lowest BCUT2D eigenvalue weighted by Gasteiger charge is -2.10. The Kier molecular flexibility index (Phi) is 4.27. The van der Waals surface area contributed by atoms with Crippen LogP contribution in [0.15, 0.2) is 73.1 Å². The first-order chi connectivity index (χ1) is 12.7. The predicted octanol–water partition coefficient (Wildman–Crippen LogP) is 3.57. The molecule has 130 valence electrons. The highest BCUT2D eigenvalue weighted by molar-refractivity contribution is 5.92. The molecular formula is C21H19N2O3+. The van der Waals surface area contributed by atoms with Gasteiger partial charge in [0, 0.05) is 30.3 Å². The van der Waals surface area contributed by atoms with E-state index in [9.17, 15) is 4.79 Å². The summed E-state index contributed by atoms with van der Waals surface area (Å²) in [5.41, 5.74) is 2.87. The number of nitrogens with zero attached hydrogens (tertiary/aromatic N) is 1. The van der Waals surface area contributed by atoms with Crippen LogP contribution in [0, 0.1) is 0 Å². The van der Waals surface area contributed by atoms with Crippen LogP contribution in [0.4, 0.5) is 5.69 Å². The van der Waals surface area contributed by atoms with Gasteiger partial charge in [-0.3, -0.25) is 4.79 Å². The first-order valence-corrected chi connectivity index (χ1v) is 8.47. The zero-order valence-electron chi connectivity index (χ0n) is 14.4. The fourth-order valence-electron chi connectivity index (χ4n) is 2.89. The molecule has 2 heterocycles. The summed E-state index contributed by atoms with van der Waals surface area (Å²) in [5.74, 6) is 1.24. The number of hydrogen-bond acceptors (Lipinski definition) is 3. The average Bonchev–Trinajstić information content (AvgIpc) is 3.16. The Bertz CT molecular complexity index is 941. The third-order valence-electron chi connectivity index (χ3n) is 4.40. The summed E-state index contributed by atoms with van der Waals surface area (Å²) in [6.45, 7) is 2.09. The van der Waals surface area contributed by atoms with E-state index in [0.29, 0.717) is 17.2 Å². The molecule has 0 bridgehead atoms. The minimum absolute atomic E-state index is 0.0981. The minimum Gasteiger partial charge on any atom is -0.454 e. The van der Waals surface area contributed by atoms with E-state index in [1.165, 1.54) is 0 Å². The van der Waals surface area contributed by atoms with Gasteiger partial charge < -0.3 is 14.8 Å². The van der Waals surface area contributed by atoms with Crippen LogP contribution in [0.2, 0.25) is 0 Å². The number of pyridine rings is 1. The Balaban J connectivity index is 1.52. The van der Waals surface area contributed by atoms with E-state index in [-0.39, 0.29) is 18.7 Å². The van der Waals surface area contributed by atoms with E-state index in [1.807, 2.05) is 60.3 Å². The van der Waals surface area contributed by atoms with E-state index < -0.39 is 0 Å². The highest BCUT2D eigenvalue weighted by atomic mass is 16.7. The predicted molar refractivity (Wildman–Crippen MR) is 98.0 cm³/mol. The second-order valence-electron chi connectivity index (χ2n) is 6.14. The van der Waals surface area contributed by atoms with Gasteiger partial charge in [-0.25, -0.2) is 0 Å². The molecule has 1 atom stereocenters. The molecule has 2 aromatic carbocycles. The van der Waals surface area contributed by atoms with Gasteiger partial charge in [-0.2, -0.15) is 4.57 Å². The number of hydrogen-bond donors (Lipinski definition) is 1. The van der Waals surface area contributed by atoms with Gasteiger partial charge in [0.25, 0.3) is 5.91 Å². The topological polar surface area (TPSA) is 51.4 Å². The summed E-state index contributed by atoms with van der Waals surface area (Å²) >= 11 is 0. The van der Waals surface area contributed by atoms with Crippen LogP contribution in [0.3, 0.4) is 0 Å². The molecule has 0 fully saturated rings. The standard InChI is InChI=1S/C21H18N2O3/c1-15(21(24)22-18-9-10-19-20(12-18)26-14-25-19)23-11-5-8-17(13-23)16-6-3-2-4-7-16/h2-13,15H,14H2,1H3/p+1/t15-/m0/s1. The Morgan fingerprint density at radius 3 is 2.62 bits per heavy atom. The molecule has 5 heteroatoms. The molecule has 0 saturated heterocycles. The van der Waals surface area contributed by atoms with Crippen molar-refractivity contribution < 1.29 is 18.8 Å². The van der Waals surface area contributed by atoms with Gasteiger partial charge in [0.05, 0.1) is 0 Å². The molecule has 0 spiro atoms. The number of amides is 1. The smallest absolute Gasteiger partial charge is 0.293 e. The number of rotatable bonds is 4. The molecule has 1 aliphatic rings. The van der Waals surface area contributed by atoms with Gasteiger partial charge in [0.1, 0.15) is 0 Å². The maximum atomic E-state index is 12.7. The van der Waals surface area contributed by atoms with Crippen LogP contribution in [-0.2, 0) is 4.79 Å². The molecule has 0 aliphatic carbocycles. The van der Waals surface area contributed by atoms with Crippen molar-refractivity contribution in [1.82, 2.24) is 0 Å². The third-order valence-corrected chi connectivity index (χ3v) is 4.40. The highest BCUT2D eigenvalue weighted by Gasteiger charge is 2.23. The zero-order chi connectivity index (χ0) is 17.9. The Hall–Kier alpha value is -3.34. The SMILES string of the molecule is C[C@@H](C(=O)Nc1ccc2c(c1)OCO2)[n+]1cccc(-c2ccccc2)c1. The first-order valence-electron chi connectivity index (χ1n) is 8.47. The van der Waals surface area contributed by atoms with E-state index in [2.05, 4.69) is 17.4 Å². The van der Waals surface area contributed by atoms with Crippen molar-refractivity contribution in [2.75, 3.05) is 12.1 Å². The highest BCUT2D eigenvalue weighted by Crippen LogP contribution is 2.34. The van der Waals surface area contributed by atoms with Crippen LogP contribution in [0.5, 0.6) is 11.5 Å². The van der Waals surface area contributed by atoms with E-state index in [1.54, 1.807) is 12.1 Å². The maximum Gasteiger partial charge on any atom is 0.293 e. The number of aromatic nitrogens is 1. The number of nitrogens with one attached hydrogen (secondary N) is 1. The van der Waals surface area contributed by atoms with Gasteiger partial charge in [0.15, 0.2) is 23.9 Å². The van der Waals surface area contributed by atoms with E-state index >= 15 is 0 Å². The van der Waals surface area contributed by atoms with Crippen LogP contribution < -0.4 is 19.4 Å². The van der Waals surface area contributed by atoms with Crippen molar-refractivity contribution in [2.45, 2.75) is 13.0 Å². The number of carbonyl (C=O) groups excluding carboxylic acids is 1. The quantitative estimate of drug-likeness (QED) is 0.734. The van der Waals surface area contributed by atoms with Crippen molar-refractivity contribution in [3.05, 3.63) is 73.1 Å². The van der Waals surface area contributed by atoms with Crippen molar-refractivity contribution >= 4 is 11.6 Å². The summed E-state index contributed by atoms with van der Waals surface area (Å²) in [6.07, 6.45) is 3.88. The number of ether oxygens (including phenoxy) is 2. The van der Waals surface area contributed by atoms with Crippen molar-refractivity contribution in [3.63, 3.8) is 0 Å². The Morgan fingerprint density at radius 2 is 1.77 bits per heavy atom. The molecule has 26 heavy (non-hydrogen) atoms. The fraction of sp³-hybridized carbons (Fsp3) is 0.143. The Morgan fingerprint density at radius 1 is 1.00 bits per heavy atom. The zero-order valence-corrected chi connectivity index (χ0v) is 14.4. The van der Waals surface area contributed by atoms with Crippen LogP contribution in [0.25, 0.3) is 11.1 Å². The monoisotopic (exact) mass is 347 g/mol. The van der Waals surface area contributed by atoms with Crippen LogP contribution in [0.1, 0.15) is 13.0 Å². The lowest BCUT2D eigenvalue weighted by atomic mass is 10.1. The third kappa shape index (κ3) is 3.24. The molecule has 0 unspecified atom stereocenters. The van der Waals surface area contributed by atoms with Crippen molar-refractivity contribution in [2.24, 2.45) is 0 Å². The summed E-state index contributed by atoms with van der Waals surface area (Å²) in [6, 6.07) is 19.1. The average molecular weight is 347 g/mol. The molecule has 1 N–H and O–H groups in total. The van der Waals surface area contributed by atoms with E-state index in [0.717, 1.165) is 11.1 Å². The minimum atomic E-state index is -0.357. The van der Waals surface area contributed by atoms with Crippen molar-refractivity contribution in [1.29, 1.82) is 0 Å². The normalized spacial score (nSPS) is 13.3. The number of fused-ring (bicyclic) bond motifs is 1. The molecule has 4 rings (SSSR count). The summed E-state index contributed by atoms with van der Waals surface area (Å²) < 4.78 is 12.6.